The van der Waals surface area contributed by atoms with Crippen LogP contribution in [0.25, 0.3) is 0 Å². The molecular formula is C19H16ClN3O. The fraction of sp³-hybridized carbons (Fsp3) is 0.0526. The van der Waals surface area contributed by atoms with Crippen LogP contribution in [0.2, 0.25) is 5.02 Å². The van der Waals surface area contributed by atoms with E-state index >= 15 is 0 Å². The molecule has 0 saturated carbocycles. The number of rotatable bonds is 4. The highest BCUT2D eigenvalue weighted by atomic mass is 35.5. The molecule has 120 valence electrons. The minimum atomic E-state index is -0.238. The summed E-state index contributed by atoms with van der Waals surface area (Å²) >= 11 is 5.93. The molecule has 2 aromatic carbocycles. The van der Waals surface area contributed by atoms with Gasteiger partial charge in [0.05, 0.1) is 17.4 Å². The molecule has 0 fully saturated rings. The van der Waals surface area contributed by atoms with Crippen molar-refractivity contribution in [3.8, 4) is 0 Å². The molecule has 0 atom stereocenters. The van der Waals surface area contributed by atoms with E-state index in [1.807, 2.05) is 31.2 Å². The van der Waals surface area contributed by atoms with Crippen LogP contribution in [0, 0.1) is 6.92 Å². The van der Waals surface area contributed by atoms with Crippen molar-refractivity contribution in [1.29, 1.82) is 0 Å². The normalized spacial score (nSPS) is 10.2. The zero-order chi connectivity index (χ0) is 16.9. The second-order valence-corrected chi connectivity index (χ2v) is 5.86. The highest BCUT2D eigenvalue weighted by Crippen LogP contribution is 2.19. The lowest BCUT2D eigenvalue weighted by Crippen LogP contribution is -2.12. The smallest absolute Gasteiger partial charge is 0.257 e. The number of aromatic nitrogens is 1. The van der Waals surface area contributed by atoms with E-state index in [1.165, 1.54) is 6.20 Å². The van der Waals surface area contributed by atoms with E-state index in [1.54, 1.807) is 36.5 Å². The summed E-state index contributed by atoms with van der Waals surface area (Å²) < 4.78 is 0. The number of nitrogens with zero attached hydrogens (tertiary/aromatic N) is 1. The van der Waals surface area contributed by atoms with Crippen molar-refractivity contribution >= 4 is 34.6 Å². The number of carbonyl (C=O) groups is 1. The molecule has 0 aliphatic rings. The molecule has 0 unspecified atom stereocenters. The third kappa shape index (κ3) is 4.12. The standard InChI is InChI=1S/C19H16ClN3O/c1-13-4-2-6-16(8-13)22-18-9-14(11-21-12-18)19(24)23-17-7-3-5-15(20)10-17/h2-12,22H,1H3,(H,23,24). The van der Waals surface area contributed by atoms with Crippen molar-refractivity contribution in [1.82, 2.24) is 4.98 Å². The van der Waals surface area contributed by atoms with E-state index in [0.717, 1.165) is 16.9 Å². The Hall–Kier alpha value is -2.85. The monoisotopic (exact) mass is 337 g/mol. The Labute approximate surface area is 145 Å². The van der Waals surface area contributed by atoms with Gasteiger partial charge in [-0.05, 0) is 48.9 Å². The number of hydrogen-bond acceptors (Lipinski definition) is 3. The summed E-state index contributed by atoms with van der Waals surface area (Å²) in [5.41, 5.74) is 3.96. The predicted octanol–water partition coefficient (Wildman–Crippen LogP) is 5.04. The molecule has 0 radical (unpaired) electrons. The summed E-state index contributed by atoms with van der Waals surface area (Å²) in [6.45, 7) is 2.03. The van der Waals surface area contributed by atoms with Crippen molar-refractivity contribution in [3.63, 3.8) is 0 Å². The van der Waals surface area contributed by atoms with E-state index in [0.29, 0.717) is 16.3 Å². The van der Waals surface area contributed by atoms with E-state index in [-0.39, 0.29) is 5.91 Å². The minimum absolute atomic E-state index is 0.238. The fourth-order valence-electron chi connectivity index (χ4n) is 2.29. The highest BCUT2D eigenvalue weighted by molar-refractivity contribution is 6.30. The van der Waals surface area contributed by atoms with Gasteiger partial charge in [0.2, 0.25) is 0 Å². The number of hydrogen-bond donors (Lipinski definition) is 2. The Morgan fingerprint density at radius 2 is 1.75 bits per heavy atom. The first-order valence-corrected chi connectivity index (χ1v) is 7.83. The van der Waals surface area contributed by atoms with Crippen LogP contribution in [-0.2, 0) is 0 Å². The first-order valence-electron chi connectivity index (χ1n) is 7.46. The van der Waals surface area contributed by atoms with Crippen molar-refractivity contribution in [3.05, 3.63) is 83.1 Å². The third-order valence-corrected chi connectivity index (χ3v) is 3.62. The molecule has 2 N–H and O–H groups in total. The van der Waals surface area contributed by atoms with Gasteiger partial charge in [-0.1, -0.05) is 29.8 Å². The summed E-state index contributed by atoms with van der Waals surface area (Å²) in [5.74, 6) is -0.238. The number of anilines is 3. The molecule has 0 aliphatic carbocycles. The van der Waals surface area contributed by atoms with Crippen molar-refractivity contribution < 1.29 is 4.79 Å². The van der Waals surface area contributed by atoms with Crippen LogP contribution < -0.4 is 10.6 Å². The Balaban J connectivity index is 1.76. The average Bonchev–Trinajstić information content (AvgIpc) is 2.55. The summed E-state index contributed by atoms with van der Waals surface area (Å²) in [6, 6.07) is 16.8. The Morgan fingerprint density at radius 1 is 0.958 bits per heavy atom. The first kappa shape index (κ1) is 16.0. The lowest BCUT2D eigenvalue weighted by Gasteiger charge is -2.09. The maximum Gasteiger partial charge on any atom is 0.257 e. The second kappa shape index (κ2) is 7.15. The lowest BCUT2D eigenvalue weighted by molar-refractivity contribution is 0.102. The summed E-state index contributed by atoms with van der Waals surface area (Å²) in [7, 11) is 0. The molecule has 1 heterocycles. The topological polar surface area (TPSA) is 54.0 Å². The molecular weight excluding hydrogens is 322 g/mol. The van der Waals surface area contributed by atoms with Gasteiger partial charge in [-0.25, -0.2) is 0 Å². The number of nitrogens with one attached hydrogen (secondary N) is 2. The molecule has 5 heteroatoms. The van der Waals surface area contributed by atoms with Gasteiger partial charge >= 0.3 is 0 Å². The van der Waals surface area contributed by atoms with Gasteiger partial charge < -0.3 is 10.6 Å². The molecule has 0 spiro atoms. The number of pyridine rings is 1. The maximum absolute atomic E-state index is 12.4. The van der Waals surface area contributed by atoms with E-state index in [2.05, 4.69) is 15.6 Å². The molecule has 1 amide bonds. The number of benzene rings is 2. The summed E-state index contributed by atoms with van der Waals surface area (Å²) in [6.07, 6.45) is 3.21. The minimum Gasteiger partial charge on any atom is -0.354 e. The zero-order valence-electron chi connectivity index (χ0n) is 13.1. The van der Waals surface area contributed by atoms with Gasteiger partial charge in [0.25, 0.3) is 5.91 Å². The maximum atomic E-state index is 12.4. The van der Waals surface area contributed by atoms with Crippen LogP contribution in [0.1, 0.15) is 15.9 Å². The summed E-state index contributed by atoms with van der Waals surface area (Å²) in [5, 5.41) is 6.63. The van der Waals surface area contributed by atoms with E-state index < -0.39 is 0 Å². The second-order valence-electron chi connectivity index (χ2n) is 5.42. The van der Waals surface area contributed by atoms with E-state index in [9.17, 15) is 4.79 Å². The first-order chi connectivity index (χ1) is 11.6. The molecule has 1 aromatic heterocycles. The SMILES string of the molecule is Cc1cccc(Nc2cncc(C(=O)Nc3cccc(Cl)c3)c2)c1. The quantitative estimate of drug-likeness (QED) is 0.701. The lowest BCUT2D eigenvalue weighted by atomic mass is 10.2. The molecule has 0 saturated heterocycles. The van der Waals surface area contributed by atoms with Crippen LogP contribution >= 0.6 is 11.6 Å². The average molecular weight is 338 g/mol. The molecule has 0 aliphatic heterocycles. The Bertz CT molecular complexity index is 880. The zero-order valence-corrected chi connectivity index (χ0v) is 13.8. The Morgan fingerprint density at radius 3 is 2.54 bits per heavy atom. The predicted molar refractivity (Wildman–Crippen MR) is 98.1 cm³/mol. The molecule has 3 aromatic rings. The van der Waals surface area contributed by atoms with Gasteiger partial charge in [0, 0.05) is 22.6 Å². The molecule has 0 bridgehead atoms. The van der Waals surface area contributed by atoms with Crippen LogP contribution in [0.15, 0.2) is 67.0 Å². The Kier molecular flexibility index (Phi) is 4.77. The van der Waals surface area contributed by atoms with Gasteiger partial charge in [0.15, 0.2) is 0 Å². The van der Waals surface area contributed by atoms with Crippen LogP contribution in [0.5, 0.6) is 0 Å². The van der Waals surface area contributed by atoms with Crippen molar-refractivity contribution in [2.24, 2.45) is 0 Å². The number of carbonyl (C=O) groups excluding carboxylic acids is 1. The summed E-state index contributed by atoms with van der Waals surface area (Å²) in [4.78, 5) is 16.5. The van der Waals surface area contributed by atoms with Gasteiger partial charge in [-0.3, -0.25) is 9.78 Å². The van der Waals surface area contributed by atoms with Gasteiger partial charge in [-0.2, -0.15) is 0 Å². The van der Waals surface area contributed by atoms with Crippen molar-refractivity contribution in [2.45, 2.75) is 6.92 Å². The number of aryl methyl sites for hydroxylation is 1. The van der Waals surface area contributed by atoms with Gasteiger partial charge in [0.1, 0.15) is 0 Å². The van der Waals surface area contributed by atoms with Crippen LogP contribution in [0.3, 0.4) is 0 Å². The molecule has 24 heavy (non-hydrogen) atoms. The van der Waals surface area contributed by atoms with Crippen LogP contribution in [-0.4, -0.2) is 10.9 Å². The van der Waals surface area contributed by atoms with Gasteiger partial charge in [-0.15, -0.1) is 0 Å². The number of halogens is 1. The highest BCUT2D eigenvalue weighted by Gasteiger charge is 2.08. The largest absolute Gasteiger partial charge is 0.354 e. The number of amides is 1. The molecule has 3 rings (SSSR count). The molecule has 4 nitrogen and oxygen atoms in total. The van der Waals surface area contributed by atoms with Crippen molar-refractivity contribution in [2.75, 3.05) is 10.6 Å². The fourth-order valence-corrected chi connectivity index (χ4v) is 2.48. The third-order valence-electron chi connectivity index (χ3n) is 3.39. The van der Waals surface area contributed by atoms with E-state index in [4.69, 9.17) is 11.6 Å². The van der Waals surface area contributed by atoms with Crippen LogP contribution in [0.4, 0.5) is 17.1 Å².